The molecule has 0 saturated carbocycles. The van der Waals surface area contributed by atoms with E-state index in [2.05, 4.69) is 17.0 Å². The molecule has 0 aliphatic carbocycles. The summed E-state index contributed by atoms with van der Waals surface area (Å²) in [5.74, 6) is 2.04. The molecule has 194 valence electrons. The Bertz CT molecular complexity index is 1080. The first-order chi connectivity index (χ1) is 17.6. The van der Waals surface area contributed by atoms with Crippen LogP contribution in [0.5, 0.6) is 17.4 Å². The van der Waals surface area contributed by atoms with Gasteiger partial charge in [0.05, 0.1) is 31.5 Å². The van der Waals surface area contributed by atoms with Gasteiger partial charge in [0.25, 0.3) is 0 Å². The minimum Gasteiger partial charge on any atom is -0.497 e. The molecule has 36 heavy (non-hydrogen) atoms. The Morgan fingerprint density at radius 2 is 1.97 bits per heavy atom. The summed E-state index contributed by atoms with van der Waals surface area (Å²) >= 11 is 0. The summed E-state index contributed by atoms with van der Waals surface area (Å²) in [4.78, 5) is 2.22. The first-order valence-corrected chi connectivity index (χ1v) is 12.6. The molecule has 0 bridgehead atoms. The van der Waals surface area contributed by atoms with Gasteiger partial charge < -0.3 is 24.1 Å². The van der Waals surface area contributed by atoms with E-state index in [1.54, 1.807) is 11.8 Å². The predicted octanol–water partition coefficient (Wildman–Crippen LogP) is 4.27. The van der Waals surface area contributed by atoms with Gasteiger partial charge in [-0.2, -0.15) is 5.10 Å². The summed E-state index contributed by atoms with van der Waals surface area (Å²) in [5.41, 5.74) is 2.82. The smallest absolute Gasteiger partial charge is 0.222 e. The van der Waals surface area contributed by atoms with E-state index in [1.165, 1.54) is 0 Å². The van der Waals surface area contributed by atoms with Gasteiger partial charge in [0, 0.05) is 51.5 Å². The minimum absolute atomic E-state index is 0.142. The topological polar surface area (TPSA) is 78.2 Å². The van der Waals surface area contributed by atoms with Gasteiger partial charge in [0.2, 0.25) is 5.88 Å². The van der Waals surface area contributed by atoms with Gasteiger partial charge in [-0.3, -0.25) is 4.90 Å². The third-order valence-electron chi connectivity index (χ3n) is 6.24. The Morgan fingerprint density at radius 1 is 1.17 bits per heavy atom. The van der Waals surface area contributed by atoms with Crippen LogP contribution in [0.2, 0.25) is 0 Å². The number of aromatic nitrogens is 2. The van der Waals surface area contributed by atoms with Crippen molar-refractivity contribution in [2.24, 2.45) is 7.05 Å². The summed E-state index contributed by atoms with van der Waals surface area (Å²) in [7, 11) is 3.53. The van der Waals surface area contributed by atoms with Crippen molar-refractivity contribution in [3.05, 3.63) is 60.2 Å². The number of nitrogens with zero attached hydrogens (tertiary/aromatic N) is 3. The van der Waals surface area contributed by atoms with Crippen LogP contribution in [0.15, 0.2) is 54.6 Å². The molecule has 0 amide bonds. The van der Waals surface area contributed by atoms with Gasteiger partial charge in [0.1, 0.15) is 17.2 Å². The largest absolute Gasteiger partial charge is 0.497 e. The first-order valence-electron chi connectivity index (χ1n) is 12.6. The van der Waals surface area contributed by atoms with Crippen molar-refractivity contribution in [1.29, 1.82) is 0 Å². The molecule has 1 N–H and O–H groups in total. The SMILES string of the molecule is CCOC[C@@H](O)CN(Cc1c(-c2ccccc2)nn(C)c1Oc1cccc(OC)c1)C[C@H]1CCCO1. The predicted molar refractivity (Wildman–Crippen MR) is 138 cm³/mol. The molecular formula is C28H37N3O5. The summed E-state index contributed by atoms with van der Waals surface area (Å²) < 4.78 is 25.0. The fourth-order valence-corrected chi connectivity index (χ4v) is 4.54. The van der Waals surface area contributed by atoms with Crippen LogP contribution in [0, 0.1) is 0 Å². The average molecular weight is 496 g/mol. The van der Waals surface area contributed by atoms with Crippen LogP contribution in [0.4, 0.5) is 0 Å². The third-order valence-corrected chi connectivity index (χ3v) is 6.24. The number of aryl methyl sites for hydroxylation is 1. The van der Waals surface area contributed by atoms with Gasteiger partial charge in [0.15, 0.2) is 0 Å². The molecule has 1 aromatic heterocycles. The Hall–Kier alpha value is -2.91. The Balaban J connectivity index is 1.67. The number of methoxy groups -OCH3 is 1. The Kier molecular flexibility index (Phi) is 9.35. The number of rotatable bonds is 13. The van der Waals surface area contributed by atoms with E-state index >= 15 is 0 Å². The molecule has 0 unspecified atom stereocenters. The maximum Gasteiger partial charge on any atom is 0.222 e. The standard InChI is InChI=1S/C28H37N3O5/c1-4-34-20-22(32)17-31(18-25-14-9-15-35-25)19-26-27(21-10-6-5-7-11-21)29-30(2)28(26)36-24-13-8-12-23(16-24)33-3/h5-8,10-13,16,22,25,32H,4,9,14-15,17-20H2,1-3H3/t22-,25+/m0/s1. The van der Waals surface area contributed by atoms with Crippen LogP contribution >= 0.6 is 0 Å². The number of hydrogen-bond donors (Lipinski definition) is 1. The van der Waals surface area contributed by atoms with Crippen molar-refractivity contribution in [1.82, 2.24) is 14.7 Å². The highest BCUT2D eigenvalue weighted by Gasteiger charge is 2.26. The zero-order valence-corrected chi connectivity index (χ0v) is 21.4. The van der Waals surface area contributed by atoms with Crippen LogP contribution in [-0.4, -0.2) is 72.0 Å². The molecule has 2 heterocycles. The van der Waals surface area contributed by atoms with E-state index in [0.29, 0.717) is 44.5 Å². The number of aliphatic hydroxyl groups excluding tert-OH is 1. The number of benzene rings is 2. The highest BCUT2D eigenvalue weighted by atomic mass is 16.5. The molecule has 0 spiro atoms. The second-order valence-electron chi connectivity index (χ2n) is 9.05. The Labute approximate surface area is 213 Å². The normalized spacial score (nSPS) is 16.4. The van der Waals surface area contributed by atoms with E-state index < -0.39 is 6.10 Å². The molecule has 0 radical (unpaired) electrons. The second kappa shape index (κ2) is 12.9. The van der Waals surface area contributed by atoms with E-state index in [-0.39, 0.29) is 6.10 Å². The van der Waals surface area contributed by atoms with E-state index in [0.717, 1.165) is 42.0 Å². The molecule has 2 aromatic carbocycles. The summed E-state index contributed by atoms with van der Waals surface area (Å²) in [5, 5.41) is 15.5. The number of ether oxygens (including phenoxy) is 4. The maximum atomic E-state index is 10.7. The lowest BCUT2D eigenvalue weighted by molar-refractivity contribution is 0.00505. The van der Waals surface area contributed by atoms with Gasteiger partial charge >= 0.3 is 0 Å². The lowest BCUT2D eigenvalue weighted by atomic mass is 10.1. The van der Waals surface area contributed by atoms with Crippen LogP contribution in [0.1, 0.15) is 25.3 Å². The molecule has 4 rings (SSSR count). The van der Waals surface area contributed by atoms with Crippen molar-refractivity contribution < 1.29 is 24.1 Å². The molecule has 8 nitrogen and oxygen atoms in total. The van der Waals surface area contributed by atoms with Crippen molar-refractivity contribution in [3.8, 4) is 28.6 Å². The zero-order chi connectivity index (χ0) is 25.3. The fraction of sp³-hybridized carbons (Fsp3) is 0.464. The lowest BCUT2D eigenvalue weighted by Crippen LogP contribution is -2.39. The van der Waals surface area contributed by atoms with E-state index in [9.17, 15) is 5.11 Å². The summed E-state index contributed by atoms with van der Waals surface area (Å²) in [6.07, 6.45) is 1.62. The van der Waals surface area contributed by atoms with Crippen LogP contribution in [-0.2, 0) is 23.1 Å². The molecule has 8 heteroatoms. The van der Waals surface area contributed by atoms with Crippen molar-refractivity contribution in [2.75, 3.05) is 40.0 Å². The molecule has 1 aliphatic rings. The van der Waals surface area contributed by atoms with Crippen molar-refractivity contribution >= 4 is 0 Å². The highest BCUT2D eigenvalue weighted by Crippen LogP contribution is 2.35. The molecule has 1 fully saturated rings. The average Bonchev–Trinajstić information content (AvgIpc) is 3.51. The van der Waals surface area contributed by atoms with Gasteiger partial charge in [-0.15, -0.1) is 0 Å². The third kappa shape index (κ3) is 6.85. The first kappa shape index (κ1) is 26.2. The summed E-state index contributed by atoms with van der Waals surface area (Å²) in [6, 6.07) is 17.6. The number of aliphatic hydroxyl groups is 1. The van der Waals surface area contributed by atoms with Crippen molar-refractivity contribution in [3.63, 3.8) is 0 Å². The zero-order valence-electron chi connectivity index (χ0n) is 21.4. The lowest BCUT2D eigenvalue weighted by Gasteiger charge is -2.27. The number of hydrogen-bond acceptors (Lipinski definition) is 7. The minimum atomic E-state index is -0.606. The monoisotopic (exact) mass is 495 g/mol. The van der Waals surface area contributed by atoms with E-state index in [4.69, 9.17) is 24.0 Å². The second-order valence-corrected chi connectivity index (χ2v) is 9.05. The maximum absolute atomic E-state index is 10.7. The van der Waals surface area contributed by atoms with Gasteiger partial charge in [-0.05, 0) is 31.9 Å². The molecule has 2 atom stereocenters. The Morgan fingerprint density at radius 3 is 2.69 bits per heavy atom. The molecule has 1 aliphatic heterocycles. The summed E-state index contributed by atoms with van der Waals surface area (Å²) in [6.45, 7) is 5.30. The molecule has 3 aromatic rings. The van der Waals surface area contributed by atoms with Crippen molar-refractivity contribution in [2.45, 2.75) is 38.5 Å². The molecular weight excluding hydrogens is 458 g/mol. The van der Waals surface area contributed by atoms with Crippen LogP contribution < -0.4 is 9.47 Å². The molecule has 1 saturated heterocycles. The van der Waals surface area contributed by atoms with Gasteiger partial charge in [-0.25, -0.2) is 4.68 Å². The van der Waals surface area contributed by atoms with Gasteiger partial charge in [-0.1, -0.05) is 36.4 Å². The highest BCUT2D eigenvalue weighted by molar-refractivity contribution is 5.65. The van der Waals surface area contributed by atoms with Crippen LogP contribution in [0.25, 0.3) is 11.3 Å². The van der Waals surface area contributed by atoms with Crippen LogP contribution in [0.3, 0.4) is 0 Å². The quantitative estimate of drug-likeness (QED) is 0.379. The van der Waals surface area contributed by atoms with E-state index in [1.807, 2.05) is 56.4 Å². The fourth-order valence-electron chi connectivity index (χ4n) is 4.54.